The lowest BCUT2D eigenvalue weighted by Gasteiger charge is -2.29. The maximum Gasteiger partial charge on any atom is 0.325 e. The number of rotatable bonds is 6. The predicted molar refractivity (Wildman–Crippen MR) is 63.4 cm³/mol. The summed E-state index contributed by atoms with van der Waals surface area (Å²) in [6, 6.07) is 0. The van der Waals surface area contributed by atoms with Crippen molar-refractivity contribution in [3.63, 3.8) is 0 Å². The number of hydrogen-bond acceptors (Lipinski definition) is 3. The molecule has 4 nitrogen and oxygen atoms in total. The van der Waals surface area contributed by atoms with E-state index in [9.17, 15) is 9.59 Å². The fourth-order valence-corrected chi connectivity index (χ4v) is 1.34. The van der Waals surface area contributed by atoms with Gasteiger partial charge in [-0.2, -0.15) is 0 Å². The van der Waals surface area contributed by atoms with Gasteiger partial charge >= 0.3 is 5.97 Å². The van der Waals surface area contributed by atoms with E-state index in [0.717, 1.165) is 6.42 Å². The number of carbonyl (C=O) groups excluding carboxylic acids is 2. The van der Waals surface area contributed by atoms with Crippen molar-refractivity contribution in [3.8, 4) is 0 Å². The molecule has 0 aromatic carbocycles. The van der Waals surface area contributed by atoms with Crippen LogP contribution in [-0.4, -0.2) is 42.9 Å². The first-order valence-electron chi connectivity index (χ1n) is 5.31. The summed E-state index contributed by atoms with van der Waals surface area (Å²) in [7, 11) is 1.31. The summed E-state index contributed by atoms with van der Waals surface area (Å²) in [6.07, 6.45) is 0.793. The van der Waals surface area contributed by atoms with Crippen molar-refractivity contribution in [1.29, 1.82) is 0 Å². The maximum atomic E-state index is 12.1. The van der Waals surface area contributed by atoms with Crippen LogP contribution in [0.2, 0.25) is 0 Å². The van der Waals surface area contributed by atoms with Crippen molar-refractivity contribution in [3.05, 3.63) is 0 Å². The summed E-state index contributed by atoms with van der Waals surface area (Å²) >= 11 is 5.74. The molecule has 0 radical (unpaired) electrons. The van der Waals surface area contributed by atoms with Crippen molar-refractivity contribution in [2.24, 2.45) is 5.41 Å². The van der Waals surface area contributed by atoms with Crippen molar-refractivity contribution in [2.45, 2.75) is 27.2 Å². The molecule has 1 amide bonds. The molecule has 0 rings (SSSR count). The molecule has 0 saturated carbocycles. The number of carbonyl (C=O) groups is 2. The van der Waals surface area contributed by atoms with E-state index in [1.165, 1.54) is 12.0 Å². The van der Waals surface area contributed by atoms with E-state index in [0.29, 0.717) is 6.54 Å². The third-order valence-corrected chi connectivity index (χ3v) is 2.91. The molecular formula is C11H20ClNO3. The van der Waals surface area contributed by atoms with Crippen LogP contribution in [0.25, 0.3) is 0 Å². The molecule has 0 saturated heterocycles. The molecule has 0 atom stereocenters. The standard InChI is InChI=1S/C11H20ClNO3/c1-5-6-13(7-9(14)16-4)10(15)11(2,3)8-12/h5-8H2,1-4H3. The molecule has 16 heavy (non-hydrogen) atoms. The highest BCUT2D eigenvalue weighted by Gasteiger charge is 2.31. The third-order valence-electron chi connectivity index (χ3n) is 2.24. The number of alkyl halides is 1. The Balaban J connectivity index is 4.64. The van der Waals surface area contributed by atoms with Crippen LogP contribution in [0.5, 0.6) is 0 Å². The number of methoxy groups -OCH3 is 1. The van der Waals surface area contributed by atoms with Gasteiger partial charge in [-0.3, -0.25) is 9.59 Å². The molecule has 0 aliphatic rings. The number of ether oxygens (including phenoxy) is 1. The van der Waals surface area contributed by atoms with E-state index in [2.05, 4.69) is 4.74 Å². The Morgan fingerprint density at radius 2 is 1.94 bits per heavy atom. The average Bonchev–Trinajstić information content (AvgIpc) is 2.27. The highest BCUT2D eigenvalue weighted by molar-refractivity contribution is 6.19. The number of hydrogen-bond donors (Lipinski definition) is 0. The van der Waals surface area contributed by atoms with Gasteiger partial charge in [0.15, 0.2) is 0 Å². The minimum atomic E-state index is -0.648. The third kappa shape index (κ3) is 4.39. The SMILES string of the molecule is CCCN(CC(=O)OC)C(=O)C(C)(C)CCl. The van der Waals surface area contributed by atoms with Gasteiger partial charge in [0.05, 0.1) is 12.5 Å². The topological polar surface area (TPSA) is 46.6 Å². The second kappa shape index (κ2) is 6.74. The van der Waals surface area contributed by atoms with Crippen LogP contribution >= 0.6 is 11.6 Å². The number of esters is 1. The fraction of sp³-hybridized carbons (Fsp3) is 0.818. The van der Waals surface area contributed by atoms with Crippen molar-refractivity contribution in [1.82, 2.24) is 4.90 Å². The van der Waals surface area contributed by atoms with E-state index in [1.54, 1.807) is 13.8 Å². The first-order chi connectivity index (χ1) is 7.38. The Labute approximate surface area is 102 Å². The highest BCUT2D eigenvalue weighted by atomic mass is 35.5. The van der Waals surface area contributed by atoms with Gasteiger partial charge in [-0.15, -0.1) is 11.6 Å². The lowest BCUT2D eigenvalue weighted by Crippen LogP contribution is -2.45. The minimum absolute atomic E-state index is 0.0104. The Bertz CT molecular complexity index is 254. The van der Waals surface area contributed by atoms with Gasteiger partial charge in [-0.1, -0.05) is 6.92 Å². The van der Waals surface area contributed by atoms with E-state index in [1.807, 2.05) is 6.92 Å². The van der Waals surface area contributed by atoms with E-state index >= 15 is 0 Å². The number of nitrogens with zero attached hydrogens (tertiary/aromatic N) is 1. The maximum absolute atomic E-state index is 12.1. The van der Waals surface area contributed by atoms with Gasteiger partial charge in [0, 0.05) is 12.4 Å². The Morgan fingerprint density at radius 1 is 1.38 bits per heavy atom. The van der Waals surface area contributed by atoms with Crippen LogP contribution in [0, 0.1) is 5.41 Å². The van der Waals surface area contributed by atoms with Crippen LogP contribution in [0.15, 0.2) is 0 Å². The van der Waals surface area contributed by atoms with Gasteiger partial charge in [0.2, 0.25) is 5.91 Å². The zero-order chi connectivity index (χ0) is 12.8. The number of amides is 1. The van der Waals surface area contributed by atoms with Crippen LogP contribution in [0.1, 0.15) is 27.2 Å². The van der Waals surface area contributed by atoms with Gasteiger partial charge < -0.3 is 9.64 Å². The number of halogens is 1. The molecule has 0 aromatic rings. The van der Waals surface area contributed by atoms with Crippen LogP contribution in [0.3, 0.4) is 0 Å². The Hall–Kier alpha value is -0.770. The summed E-state index contributed by atoms with van der Waals surface area (Å²) < 4.78 is 4.56. The molecule has 0 spiro atoms. The zero-order valence-corrected chi connectivity index (χ0v) is 11.1. The second-order valence-electron chi connectivity index (χ2n) is 4.32. The van der Waals surface area contributed by atoms with Crippen molar-refractivity contribution < 1.29 is 14.3 Å². The molecular weight excluding hydrogens is 230 g/mol. The molecule has 0 heterocycles. The lowest BCUT2D eigenvalue weighted by molar-refractivity contribution is -0.150. The van der Waals surface area contributed by atoms with E-state index < -0.39 is 11.4 Å². The zero-order valence-electron chi connectivity index (χ0n) is 10.4. The molecule has 0 aliphatic carbocycles. The van der Waals surface area contributed by atoms with Crippen molar-refractivity contribution >= 4 is 23.5 Å². The molecule has 0 aliphatic heterocycles. The molecule has 0 bridgehead atoms. The van der Waals surface area contributed by atoms with Gasteiger partial charge in [-0.05, 0) is 20.3 Å². The summed E-state index contributed by atoms with van der Waals surface area (Å²) in [6.45, 7) is 6.01. The quantitative estimate of drug-likeness (QED) is 0.531. The predicted octanol–water partition coefficient (Wildman–Crippen LogP) is 1.66. The lowest BCUT2D eigenvalue weighted by atomic mass is 9.94. The summed E-state index contributed by atoms with van der Waals surface area (Å²) in [5, 5.41) is 0. The van der Waals surface area contributed by atoms with E-state index in [4.69, 9.17) is 11.6 Å². The molecule has 94 valence electrons. The summed E-state index contributed by atoms with van der Waals surface area (Å²) in [4.78, 5) is 24.7. The largest absolute Gasteiger partial charge is 0.468 e. The Kier molecular flexibility index (Phi) is 6.41. The molecule has 0 N–H and O–H groups in total. The minimum Gasteiger partial charge on any atom is -0.468 e. The molecule has 5 heteroatoms. The average molecular weight is 250 g/mol. The van der Waals surface area contributed by atoms with E-state index in [-0.39, 0.29) is 18.3 Å². The summed E-state index contributed by atoms with van der Waals surface area (Å²) in [5.41, 5.74) is -0.648. The van der Waals surface area contributed by atoms with Crippen LogP contribution in [-0.2, 0) is 14.3 Å². The Morgan fingerprint density at radius 3 is 2.31 bits per heavy atom. The summed E-state index contributed by atoms with van der Waals surface area (Å²) in [5.74, 6) is -0.297. The van der Waals surface area contributed by atoms with Crippen molar-refractivity contribution in [2.75, 3.05) is 26.1 Å². The molecule has 0 aromatic heterocycles. The smallest absolute Gasteiger partial charge is 0.325 e. The van der Waals surface area contributed by atoms with Gasteiger partial charge in [0.1, 0.15) is 6.54 Å². The normalized spacial score (nSPS) is 11.1. The second-order valence-corrected chi connectivity index (χ2v) is 4.59. The fourth-order valence-electron chi connectivity index (χ4n) is 1.23. The van der Waals surface area contributed by atoms with Gasteiger partial charge in [-0.25, -0.2) is 0 Å². The van der Waals surface area contributed by atoms with Crippen LogP contribution < -0.4 is 0 Å². The van der Waals surface area contributed by atoms with Gasteiger partial charge in [0.25, 0.3) is 0 Å². The highest BCUT2D eigenvalue weighted by Crippen LogP contribution is 2.20. The molecule has 0 fully saturated rings. The first-order valence-corrected chi connectivity index (χ1v) is 5.84. The first kappa shape index (κ1) is 15.2. The molecule has 0 unspecified atom stereocenters. The van der Waals surface area contributed by atoms with Crippen LogP contribution in [0.4, 0.5) is 0 Å². The monoisotopic (exact) mass is 249 g/mol.